The molecule has 1 N–H and O–H groups in total. The summed E-state index contributed by atoms with van der Waals surface area (Å²) < 4.78 is 12.7. The van der Waals surface area contributed by atoms with Crippen LogP contribution in [-0.2, 0) is 4.74 Å². The first-order valence-corrected chi connectivity index (χ1v) is 7.33. The van der Waals surface area contributed by atoms with Crippen molar-refractivity contribution in [3.05, 3.63) is 46.3 Å². The van der Waals surface area contributed by atoms with E-state index < -0.39 is 0 Å². The maximum atomic E-state index is 6.00. The first-order chi connectivity index (χ1) is 9.29. The average molecular weight is 322 g/mol. The lowest BCUT2D eigenvalue weighted by Gasteiger charge is -2.16. The van der Waals surface area contributed by atoms with Gasteiger partial charge in [-0.05, 0) is 40.7 Å². The number of benzene rings is 1. The van der Waals surface area contributed by atoms with Gasteiger partial charge in [0.15, 0.2) is 0 Å². The lowest BCUT2D eigenvalue weighted by atomic mass is 10.1. The van der Waals surface area contributed by atoms with Gasteiger partial charge in [-0.15, -0.1) is 0 Å². The molecule has 2 heterocycles. The Labute approximate surface area is 120 Å². The molecular formula is C15H16BrNO2. The SMILES string of the molecule is CCNC(C1=CCCO1)c1cc2cccc(Br)c2o1. The first-order valence-electron chi connectivity index (χ1n) is 6.54. The van der Waals surface area contributed by atoms with E-state index in [1.807, 2.05) is 12.1 Å². The highest BCUT2D eigenvalue weighted by atomic mass is 79.9. The molecule has 1 unspecified atom stereocenters. The van der Waals surface area contributed by atoms with Gasteiger partial charge < -0.3 is 14.5 Å². The van der Waals surface area contributed by atoms with Gasteiger partial charge in [-0.2, -0.15) is 0 Å². The van der Waals surface area contributed by atoms with Crippen molar-refractivity contribution in [2.24, 2.45) is 0 Å². The molecule has 0 saturated heterocycles. The van der Waals surface area contributed by atoms with Crippen LogP contribution in [0.3, 0.4) is 0 Å². The van der Waals surface area contributed by atoms with Gasteiger partial charge in [0.05, 0.1) is 11.1 Å². The fourth-order valence-electron chi connectivity index (χ4n) is 2.37. The third-order valence-corrected chi connectivity index (χ3v) is 3.85. The Morgan fingerprint density at radius 3 is 3.00 bits per heavy atom. The third kappa shape index (κ3) is 2.42. The quantitative estimate of drug-likeness (QED) is 0.918. The molecule has 0 spiro atoms. The van der Waals surface area contributed by atoms with Crippen molar-refractivity contribution in [2.45, 2.75) is 19.4 Å². The van der Waals surface area contributed by atoms with Crippen molar-refractivity contribution in [2.75, 3.05) is 13.2 Å². The highest BCUT2D eigenvalue weighted by Gasteiger charge is 2.23. The number of ether oxygens (including phenoxy) is 1. The van der Waals surface area contributed by atoms with Gasteiger partial charge in [0.25, 0.3) is 0 Å². The molecule has 4 heteroatoms. The van der Waals surface area contributed by atoms with Gasteiger partial charge in [-0.3, -0.25) is 0 Å². The molecule has 0 bridgehead atoms. The molecule has 0 aliphatic carbocycles. The van der Waals surface area contributed by atoms with Crippen LogP contribution in [0.1, 0.15) is 25.1 Å². The highest BCUT2D eigenvalue weighted by molar-refractivity contribution is 9.10. The Balaban J connectivity index is 2.02. The van der Waals surface area contributed by atoms with E-state index in [9.17, 15) is 0 Å². The highest BCUT2D eigenvalue weighted by Crippen LogP contribution is 2.33. The Morgan fingerprint density at radius 1 is 1.42 bits per heavy atom. The minimum atomic E-state index is 0.00630. The first kappa shape index (κ1) is 12.8. The molecule has 0 amide bonds. The van der Waals surface area contributed by atoms with Crippen LogP contribution in [0, 0.1) is 0 Å². The predicted molar refractivity (Wildman–Crippen MR) is 79.0 cm³/mol. The summed E-state index contributed by atoms with van der Waals surface area (Å²) in [5.74, 6) is 1.87. The zero-order chi connectivity index (χ0) is 13.2. The normalized spacial score (nSPS) is 16.4. The molecule has 0 fully saturated rings. The Hall–Kier alpha value is -1.26. The van der Waals surface area contributed by atoms with Gasteiger partial charge in [0.1, 0.15) is 23.1 Å². The Morgan fingerprint density at radius 2 is 2.32 bits per heavy atom. The summed E-state index contributed by atoms with van der Waals surface area (Å²) in [6.45, 7) is 3.71. The van der Waals surface area contributed by atoms with Gasteiger partial charge in [0.2, 0.25) is 0 Å². The van der Waals surface area contributed by atoms with Gasteiger partial charge in [-0.25, -0.2) is 0 Å². The third-order valence-electron chi connectivity index (χ3n) is 3.22. The lowest BCUT2D eigenvalue weighted by molar-refractivity contribution is 0.209. The number of furan rings is 1. The minimum Gasteiger partial charge on any atom is -0.496 e. The van der Waals surface area contributed by atoms with E-state index in [1.165, 1.54) is 0 Å². The molecule has 2 aromatic rings. The van der Waals surface area contributed by atoms with Crippen LogP contribution in [0.25, 0.3) is 11.0 Å². The molecule has 3 nitrogen and oxygen atoms in total. The molecule has 1 aliphatic heterocycles. The van der Waals surface area contributed by atoms with Crippen molar-refractivity contribution in [3.8, 4) is 0 Å². The van der Waals surface area contributed by atoms with E-state index in [0.29, 0.717) is 0 Å². The Kier molecular flexibility index (Phi) is 3.62. The molecule has 1 aromatic heterocycles. The largest absolute Gasteiger partial charge is 0.496 e. The lowest BCUT2D eigenvalue weighted by Crippen LogP contribution is -2.22. The number of fused-ring (bicyclic) bond motifs is 1. The fraction of sp³-hybridized carbons (Fsp3) is 0.333. The van der Waals surface area contributed by atoms with Crippen LogP contribution in [0.2, 0.25) is 0 Å². The van der Waals surface area contributed by atoms with E-state index in [0.717, 1.165) is 46.5 Å². The van der Waals surface area contributed by atoms with E-state index in [1.54, 1.807) is 0 Å². The predicted octanol–water partition coefficient (Wildman–Crippen LogP) is 4.15. The molecular weight excluding hydrogens is 306 g/mol. The van der Waals surface area contributed by atoms with Gasteiger partial charge in [-0.1, -0.05) is 19.1 Å². The maximum Gasteiger partial charge on any atom is 0.148 e. The summed E-state index contributed by atoms with van der Waals surface area (Å²) >= 11 is 3.52. The van der Waals surface area contributed by atoms with Crippen LogP contribution < -0.4 is 5.32 Å². The molecule has 100 valence electrons. The number of hydrogen-bond donors (Lipinski definition) is 1. The van der Waals surface area contributed by atoms with Gasteiger partial charge >= 0.3 is 0 Å². The molecule has 1 atom stereocenters. The number of para-hydroxylation sites is 1. The summed E-state index contributed by atoms with van der Waals surface area (Å²) in [4.78, 5) is 0. The fourth-order valence-corrected chi connectivity index (χ4v) is 2.84. The van der Waals surface area contributed by atoms with E-state index in [2.05, 4.69) is 46.4 Å². The van der Waals surface area contributed by atoms with Crippen molar-refractivity contribution in [1.29, 1.82) is 0 Å². The molecule has 1 aromatic carbocycles. The summed E-state index contributed by atoms with van der Waals surface area (Å²) in [6.07, 6.45) is 3.11. The van der Waals surface area contributed by atoms with E-state index >= 15 is 0 Å². The minimum absolute atomic E-state index is 0.00630. The van der Waals surface area contributed by atoms with Crippen LogP contribution in [-0.4, -0.2) is 13.2 Å². The smallest absolute Gasteiger partial charge is 0.148 e. The molecule has 3 rings (SSSR count). The molecule has 0 saturated carbocycles. The zero-order valence-electron chi connectivity index (χ0n) is 10.8. The second-order valence-electron chi connectivity index (χ2n) is 4.54. The number of nitrogens with one attached hydrogen (secondary N) is 1. The molecule has 19 heavy (non-hydrogen) atoms. The van der Waals surface area contributed by atoms with Crippen LogP contribution in [0.15, 0.2) is 45.0 Å². The summed E-state index contributed by atoms with van der Waals surface area (Å²) in [5, 5.41) is 4.52. The van der Waals surface area contributed by atoms with Crippen molar-refractivity contribution in [1.82, 2.24) is 5.32 Å². The molecule has 0 radical (unpaired) electrons. The summed E-state index contributed by atoms with van der Waals surface area (Å²) in [6, 6.07) is 8.14. The monoisotopic (exact) mass is 321 g/mol. The number of hydrogen-bond acceptors (Lipinski definition) is 3. The second kappa shape index (κ2) is 5.39. The Bertz CT molecular complexity index is 618. The average Bonchev–Trinajstić information content (AvgIpc) is 3.05. The van der Waals surface area contributed by atoms with Gasteiger partial charge in [0, 0.05) is 11.8 Å². The maximum absolute atomic E-state index is 6.00. The van der Waals surface area contributed by atoms with Crippen LogP contribution in [0.5, 0.6) is 0 Å². The van der Waals surface area contributed by atoms with Crippen molar-refractivity contribution in [3.63, 3.8) is 0 Å². The van der Waals surface area contributed by atoms with Crippen molar-refractivity contribution < 1.29 is 9.15 Å². The zero-order valence-corrected chi connectivity index (χ0v) is 12.4. The summed E-state index contributed by atoms with van der Waals surface area (Å²) in [5.41, 5.74) is 0.888. The topological polar surface area (TPSA) is 34.4 Å². The van der Waals surface area contributed by atoms with Crippen molar-refractivity contribution >= 4 is 26.9 Å². The summed E-state index contributed by atoms with van der Waals surface area (Å²) in [7, 11) is 0. The van der Waals surface area contributed by atoms with Crippen LogP contribution in [0.4, 0.5) is 0 Å². The van der Waals surface area contributed by atoms with E-state index in [4.69, 9.17) is 9.15 Å². The van der Waals surface area contributed by atoms with E-state index in [-0.39, 0.29) is 6.04 Å². The number of rotatable bonds is 4. The van der Waals surface area contributed by atoms with Crippen LogP contribution >= 0.6 is 15.9 Å². The molecule has 1 aliphatic rings. The number of likely N-dealkylation sites (N-methyl/N-ethyl adjacent to an activating group) is 1. The number of halogens is 1. The standard InChI is InChI=1S/C15H16BrNO2/c1-2-17-14(12-7-4-8-18-12)13-9-10-5-3-6-11(16)15(10)19-13/h3,5-7,9,14,17H,2,4,8H2,1H3. The second-order valence-corrected chi connectivity index (χ2v) is 5.40.